The van der Waals surface area contributed by atoms with Crippen LogP contribution >= 0.6 is 0 Å². The molecule has 0 aliphatic heterocycles. The highest BCUT2D eigenvalue weighted by Gasteiger charge is 2.36. The molecule has 9 aromatic carbocycles. The molecular formula is C59H42N2. The molecule has 0 unspecified atom stereocenters. The Morgan fingerprint density at radius 3 is 1.23 bits per heavy atom. The van der Waals surface area contributed by atoms with Gasteiger partial charge in [0.25, 0.3) is 0 Å². The first-order valence-corrected chi connectivity index (χ1v) is 21.1. The second-order valence-electron chi connectivity index (χ2n) is 16.6. The van der Waals surface area contributed by atoms with Gasteiger partial charge in [-0.3, -0.25) is 0 Å². The van der Waals surface area contributed by atoms with Gasteiger partial charge in [-0.15, -0.1) is 0 Å². The summed E-state index contributed by atoms with van der Waals surface area (Å²) in [7, 11) is 0. The molecule has 1 aliphatic rings. The molecule has 0 atom stereocenters. The van der Waals surface area contributed by atoms with Crippen LogP contribution in [0.1, 0.15) is 25.0 Å². The maximum Gasteiger partial charge on any atom is 0.160 e. The third-order valence-corrected chi connectivity index (χ3v) is 12.6. The minimum atomic E-state index is -0.106. The Kier molecular flexibility index (Phi) is 8.86. The van der Waals surface area contributed by atoms with Gasteiger partial charge in [0.05, 0.1) is 11.4 Å². The SMILES string of the molecule is CC1(C)c2cc(-c3ccccc3)ccc2-c2ccc(-c3ccc(-c4ccc(-c5cc(-c6ccc(-c7ccccc7)cc6)nc(-c6ccccc6)n5)c5ccccc45)cc3)cc21. The highest BCUT2D eigenvalue weighted by molar-refractivity contribution is 6.05. The fraction of sp³-hybridized carbons (Fsp3) is 0.0508. The number of benzene rings is 9. The van der Waals surface area contributed by atoms with Crippen LogP contribution in [0.3, 0.4) is 0 Å². The largest absolute Gasteiger partial charge is 0.228 e. The quantitative estimate of drug-likeness (QED) is 0.161. The van der Waals surface area contributed by atoms with Crippen molar-refractivity contribution in [3.05, 3.63) is 230 Å². The Morgan fingerprint density at radius 2 is 0.656 bits per heavy atom. The van der Waals surface area contributed by atoms with Gasteiger partial charge in [-0.25, -0.2) is 9.97 Å². The van der Waals surface area contributed by atoms with E-state index in [2.05, 4.69) is 208 Å². The van der Waals surface area contributed by atoms with Gasteiger partial charge in [-0.05, 0) is 95.7 Å². The highest BCUT2D eigenvalue weighted by Crippen LogP contribution is 2.51. The van der Waals surface area contributed by atoms with Crippen LogP contribution in [0.25, 0.3) is 100 Å². The minimum Gasteiger partial charge on any atom is -0.228 e. The Morgan fingerprint density at radius 1 is 0.279 bits per heavy atom. The summed E-state index contributed by atoms with van der Waals surface area (Å²) in [4.78, 5) is 10.3. The third-order valence-electron chi connectivity index (χ3n) is 12.6. The van der Waals surface area contributed by atoms with E-state index in [1.807, 2.05) is 24.3 Å². The second kappa shape index (κ2) is 14.9. The molecular weight excluding hydrogens is 737 g/mol. The summed E-state index contributed by atoms with van der Waals surface area (Å²) in [5, 5.41) is 2.34. The summed E-state index contributed by atoms with van der Waals surface area (Å²) in [6, 6.07) is 78.5. The molecule has 1 aromatic heterocycles. The monoisotopic (exact) mass is 778 g/mol. The van der Waals surface area contributed by atoms with E-state index in [0.717, 1.165) is 33.5 Å². The first kappa shape index (κ1) is 36.4. The number of nitrogens with zero attached hydrogens (tertiary/aromatic N) is 2. The zero-order valence-corrected chi connectivity index (χ0v) is 34.2. The number of hydrogen-bond acceptors (Lipinski definition) is 2. The van der Waals surface area contributed by atoms with Crippen LogP contribution in [-0.4, -0.2) is 9.97 Å². The fourth-order valence-electron chi connectivity index (χ4n) is 9.26. The van der Waals surface area contributed by atoms with Gasteiger partial charge in [-0.2, -0.15) is 0 Å². The van der Waals surface area contributed by atoms with Crippen LogP contribution in [0, 0.1) is 0 Å². The van der Waals surface area contributed by atoms with Gasteiger partial charge in [0, 0.05) is 22.1 Å². The van der Waals surface area contributed by atoms with Crippen LogP contribution in [0.15, 0.2) is 218 Å². The Labute approximate surface area is 357 Å². The van der Waals surface area contributed by atoms with E-state index in [4.69, 9.17) is 9.97 Å². The van der Waals surface area contributed by atoms with Crippen molar-refractivity contribution in [2.24, 2.45) is 0 Å². The van der Waals surface area contributed by atoms with Crippen molar-refractivity contribution in [3.8, 4) is 89.5 Å². The van der Waals surface area contributed by atoms with Crippen molar-refractivity contribution in [2.45, 2.75) is 19.3 Å². The average Bonchev–Trinajstić information content (AvgIpc) is 3.56. The van der Waals surface area contributed by atoms with Crippen molar-refractivity contribution in [2.75, 3.05) is 0 Å². The molecule has 0 saturated carbocycles. The zero-order chi connectivity index (χ0) is 40.9. The van der Waals surface area contributed by atoms with Gasteiger partial charge in [0.1, 0.15) is 0 Å². The molecule has 0 spiro atoms. The second-order valence-corrected chi connectivity index (χ2v) is 16.6. The molecule has 0 bridgehead atoms. The van der Waals surface area contributed by atoms with Gasteiger partial charge >= 0.3 is 0 Å². The van der Waals surface area contributed by atoms with Crippen molar-refractivity contribution >= 4 is 10.8 Å². The first-order valence-electron chi connectivity index (χ1n) is 21.1. The molecule has 0 fully saturated rings. The van der Waals surface area contributed by atoms with Crippen LogP contribution in [-0.2, 0) is 5.41 Å². The lowest BCUT2D eigenvalue weighted by atomic mass is 9.81. The van der Waals surface area contributed by atoms with Gasteiger partial charge in [-0.1, -0.05) is 214 Å². The van der Waals surface area contributed by atoms with Crippen molar-refractivity contribution in [1.82, 2.24) is 9.97 Å². The first-order chi connectivity index (χ1) is 30.0. The lowest BCUT2D eigenvalue weighted by Gasteiger charge is -2.22. The molecule has 1 heterocycles. The predicted octanol–water partition coefficient (Wildman–Crippen LogP) is 15.6. The average molecular weight is 779 g/mol. The van der Waals surface area contributed by atoms with Gasteiger partial charge in [0.2, 0.25) is 0 Å². The van der Waals surface area contributed by atoms with Crippen molar-refractivity contribution in [3.63, 3.8) is 0 Å². The van der Waals surface area contributed by atoms with Crippen LogP contribution in [0.5, 0.6) is 0 Å². The third kappa shape index (κ3) is 6.54. The molecule has 11 rings (SSSR count). The lowest BCUT2D eigenvalue weighted by molar-refractivity contribution is 0.661. The van der Waals surface area contributed by atoms with Crippen LogP contribution < -0.4 is 0 Å². The summed E-state index contributed by atoms with van der Waals surface area (Å²) in [5.74, 6) is 0.708. The molecule has 2 heteroatoms. The molecule has 10 aromatic rings. The number of hydrogen-bond donors (Lipinski definition) is 0. The van der Waals surface area contributed by atoms with Gasteiger partial charge in [0.15, 0.2) is 5.82 Å². The minimum absolute atomic E-state index is 0.106. The topological polar surface area (TPSA) is 25.8 Å². The molecule has 1 aliphatic carbocycles. The van der Waals surface area contributed by atoms with Gasteiger partial charge < -0.3 is 0 Å². The summed E-state index contributed by atoms with van der Waals surface area (Å²) in [5.41, 5.74) is 19.9. The van der Waals surface area contributed by atoms with E-state index in [-0.39, 0.29) is 5.41 Å². The molecule has 0 N–H and O–H groups in total. The summed E-state index contributed by atoms with van der Waals surface area (Å²) in [6.07, 6.45) is 0. The zero-order valence-electron chi connectivity index (χ0n) is 34.2. The van der Waals surface area contributed by atoms with E-state index in [1.54, 1.807) is 0 Å². The van der Waals surface area contributed by atoms with E-state index in [0.29, 0.717) is 5.82 Å². The van der Waals surface area contributed by atoms with E-state index < -0.39 is 0 Å². The van der Waals surface area contributed by atoms with Crippen molar-refractivity contribution < 1.29 is 0 Å². The van der Waals surface area contributed by atoms with E-state index in [1.165, 1.54) is 72.1 Å². The molecule has 0 amide bonds. The fourth-order valence-corrected chi connectivity index (χ4v) is 9.26. The predicted molar refractivity (Wildman–Crippen MR) is 255 cm³/mol. The normalized spacial score (nSPS) is 12.6. The highest BCUT2D eigenvalue weighted by atomic mass is 14.9. The number of fused-ring (bicyclic) bond motifs is 4. The molecule has 61 heavy (non-hydrogen) atoms. The molecule has 2 nitrogen and oxygen atoms in total. The molecule has 0 radical (unpaired) electrons. The number of aromatic nitrogens is 2. The Hall–Kier alpha value is -7.68. The summed E-state index contributed by atoms with van der Waals surface area (Å²) in [6.45, 7) is 4.73. The molecule has 0 saturated heterocycles. The standard InChI is InChI=1S/C59H42N2/c1-59(2)54-36-46(40-16-8-4-9-17-40)30-32-51(54)52-33-31-47(37-55(52)59)42-22-26-43(27-23-42)48-34-35-53(50-21-13-12-20-49(48)50)57-38-56(60-58(61-57)45-18-10-5-11-19-45)44-28-24-41(25-29-44)39-14-6-3-7-15-39/h3-38H,1-2H3. The molecule has 288 valence electrons. The summed E-state index contributed by atoms with van der Waals surface area (Å²) < 4.78 is 0. The van der Waals surface area contributed by atoms with Crippen LogP contribution in [0.4, 0.5) is 0 Å². The smallest absolute Gasteiger partial charge is 0.160 e. The van der Waals surface area contributed by atoms with Crippen LogP contribution in [0.2, 0.25) is 0 Å². The van der Waals surface area contributed by atoms with E-state index >= 15 is 0 Å². The lowest BCUT2D eigenvalue weighted by Crippen LogP contribution is -2.15. The van der Waals surface area contributed by atoms with E-state index in [9.17, 15) is 0 Å². The Bertz CT molecular complexity index is 3220. The summed E-state index contributed by atoms with van der Waals surface area (Å²) >= 11 is 0. The van der Waals surface area contributed by atoms with Crippen molar-refractivity contribution in [1.29, 1.82) is 0 Å². The maximum absolute atomic E-state index is 5.22. The number of rotatable bonds is 7. The maximum atomic E-state index is 5.22. The Balaban J connectivity index is 0.935.